The molecule has 0 aliphatic heterocycles. The number of carboxylic acids is 1. The summed E-state index contributed by atoms with van der Waals surface area (Å²) in [6.07, 6.45) is -0.0372. The fourth-order valence-electron chi connectivity index (χ4n) is 2.10. The van der Waals surface area contributed by atoms with Crippen molar-refractivity contribution in [2.24, 2.45) is 0 Å². The second-order valence-corrected chi connectivity index (χ2v) is 5.94. The molecule has 0 aliphatic carbocycles. The van der Waals surface area contributed by atoms with E-state index < -0.39 is 11.5 Å². The van der Waals surface area contributed by atoms with Crippen LogP contribution in [0.3, 0.4) is 0 Å². The molecule has 0 saturated heterocycles. The first-order valence-corrected chi connectivity index (χ1v) is 6.81. The molecule has 0 aromatic heterocycles. The largest absolute Gasteiger partial charge is 0.481 e. The highest BCUT2D eigenvalue weighted by Gasteiger charge is 2.30. The molecule has 0 fully saturated rings. The van der Waals surface area contributed by atoms with Gasteiger partial charge in [-0.1, -0.05) is 30.3 Å². The molecular weight excluding hydrogens is 254 g/mol. The first kappa shape index (κ1) is 16.2. The zero-order valence-corrected chi connectivity index (χ0v) is 12.6. The van der Waals surface area contributed by atoms with Gasteiger partial charge in [0.2, 0.25) is 5.91 Å². The van der Waals surface area contributed by atoms with E-state index in [1.54, 1.807) is 4.90 Å². The number of rotatable bonds is 5. The Hall–Kier alpha value is -1.84. The number of carbonyl (C=O) groups is 2. The van der Waals surface area contributed by atoms with Crippen molar-refractivity contribution in [3.8, 4) is 0 Å². The standard InChI is InChI=1S/C16H23NO3/c1-12(13-8-6-5-7-9-13)15(20)17(16(2,3)4)11-10-14(18)19/h5-9,12H,10-11H2,1-4H3,(H,18,19). The average molecular weight is 277 g/mol. The summed E-state index contributed by atoms with van der Waals surface area (Å²) in [5.41, 5.74) is 0.553. The van der Waals surface area contributed by atoms with Crippen LogP contribution in [0.2, 0.25) is 0 Å². The summed E-state index contributed by atoms with van der Waals surface area (Å²) in [5, 5.41) is 8.83. The van der Waals surface area contributed by atoms with Crippen molar-refractivity contribution >= 4 is 11.9 Å². The minimum absolute atomic E-state index is 0.0371. The van der Waals surface area contributed by atoms with Crippen LogP contribution in [0.5, 0.6) is 0 Å². The molecule has 0 aliphatic rings. The van der Waals surface area contributed by atoms with Crippen LogP contribution in [-0.4, -0.2) is 34.0 Å². The predicted molar refractivity (Wildman–Crippen MR) is 78.6 cm³/mol. The molecule has 1 N–H and O–H groups in total. The van der Waals surface area contributed by atoms with Gasteiger partial charge in [0.1, 0.15) is 0 Å². The minimum atomic E-state index is -0.889. The third-order valence-corrected chi connectivity index (χ3v) is 3.30. The van der Waals surface area contributed by atoms with Crippen molar-refractivity contribution in [2.75, 3.05) is 6.54 Å². The fraction of sp³-hybridized carbons (Fsp3) is 0.500. The molecule has 1 atom stereocenters. The Morgan fingerprint density at radius 3 is 2.20 bits per heavy atom. The average Bonchev–Trinajstić information content (AvgIpc) is 2.37. The molecule has 4 nitrogen and oxygen atoms in total. The fourth-order valence-corrected chi connectivity index (χ4v) is 2.10. The maximum absolute atomic E-state index is 12.6. The van der Waals surface area contributed by atoms with Crippen molar-refractivity contribution in [3.63, 3.8) is 0 Å². The van der Waals surface area contributed by atoms with E-state index >= 15 is 0 Å². The van der Waals surface area contributed by atoms with Crippen LogP contribution in [0.15, 0.2) is 30.3 Å². The lowest BCUT2D eigenvalue weighted by Crippen LogP contribution is -2.48. The van der Waals surface area contributed by atoms with E-state index in [2.05, 4.69) is 0 Å². The van der Waals surface area contributed by atoms with Gasteiger partial charge in [0.25, 0.3) is 0 Å². The SMILES string of the molecule is CC(C(=O)N(CCC(=O)O)C(C)(C)C)c1ccccc1. The molecule has 0 saturated carbocycles. The van der Waals surface area contributed by atoms with Crippen LogP contribution < -0.4 is 0 Å². The highest BCUT2D eigenvalue weighted by atomic mass is 16.4. The summed E-state index contributed by atoms with van der Waals surface area (Å²) in [6.45, 7) is 7.85. The highest BCUT2D eigenvalue weighted by molar-refractivity contribution is 5.84. The Morgan fingerprint density at radius 1 is 1.20 bits per heavy atom. The predicted octanol–water partition coefficient (Wildman–Crippen LogP) is 2.89. The third kappa shape index (κ3) is 4.37. The smallest absolute Gasteiger partial charge is 0.305 e. The first-order chi connectivity index (χ1) is 9.23. The zero-order valence-electron chi connectivity index (χ0n) is 12.6. The summed E-state index contributed by atoms with van der Waals surface area (Å²) in [7, 11) is 0. The normalized spacial score (nSPS) is 12.8. The molecule has 0 heterocycles. The van der Waals surface area contributed by atoms with Gasteiger partial charge in [-0.25, -0.2) is 0 Å². The second-order valence-electron chi connectivity index (χ2n) is 5.94. The summed E-state index contributed by atoms with van der Waals surface area (Å²) < 4.78 is 0. The summed E-state index contributed by atoms with van der Waals surface area (Å²) in [4.78, 5) is 25.0. The van der Waals surface area contributed by atoms with E-state index in [1.807, 2.05) is 58.0 Å². The Balaban J connectivity index is 2.90. The van der Waals surface area contributed by atoms with Crippen LogP contribution in [0.1, 0.15) is 45.6 Å². The molecule has 1 rings (SSSR count). The van der Waals surface area contributed by atoms with Gasteiger partial charge in [-0.05, 0) is 33.3 Å². The lowest BCUT2D eigenvalue weighted by molar-refractivity contribution is -0.141. The molecule has 0 bridgehead atoms. The maximum atomic E-state index is 12.6. The van der Waals surface area contributed by atoms with Gasteiger partial charge < -0.3 is 10.0 Å². The minimum Gasteiger partial charge on any atom is -0.481 e. The second kappa shape index (κ2) is 6.55. The Morgan fingerprint density at radius 2 is 1.75 bits per heavy atom. The van der Waals surface area contributed by atoms with Crippen LogP contribution in [0.25, 0.3) is 0 Å². The Labute approximate surface area is 120 Å². The summed E-state index contributed by atoms with van der Waals surface area (Å²) in [6, 6.07) is 9.55. The summed E-state index contributed by atoms with van der Waals surface area (Å²) in [5.74, 6) is -1.20. The number of hydrogen-bond donors (Lipinski definition) is 1. The molecule has 0 radical (unpaired) electrons. The molecule has 1 aromatic carbocycles. The van der Waals surface area contributed by atoms with Crippen molar-refractivity contribution in [3.05, 3.63) is 35.9 Å². The van der Waals surface area contributed by atoms with Crippen molar-refractivity contribution in [1.82, 2.24) is 4.90 Å². The van der Waals surface area contributed by atoms with E-state index in [4.69, 9.17) is 5.11 Å². The molecule has 1 aromatic rings. The van der Waals surface area contributed by atoms with Crippen molar-refractivity contribution < 1.29 is 14.7 Å². The van der Waals surface area contributed by atoms with Crippen LogP contribution >= 0.6 is 0 Å². The lowest BCUT2D eigenvalue weighted by Gasteiger charge is -2.37. The van der Waals surface area contributed by atoms with Crippen LogP contribution in [0.4, 0.5) is 0 Å². The van der Waals surface area contributed by atoms with Gasteiger partial charge in [0.05, 0.1) is 12.3 Å². The highest BCUT2D eigenvalue weighted by Crippen LogP contribution is 2.23. The monoisotopic (exact) mass is 277 g/mol. The molecule has 1 unspecified atom stereocenters. The number of carbonyl (C=O) groups excluding carboxylic acids is 1. The summed E-state index contributed by atoms with van der Waals surface area (Å²) >= 11 is 0. The van der Waals surface area contributed by atoms with Gasteiger partial charge in [0.15, 0.2) is 0 Å². The molecule has 110 valence electrons. The van der Waals surface area contributed by atoms with E-state index in [0.29, 0.717) is 0 Å². The number of carboxylic acid groups (broad SMARTS) is 1. The van der Waals surface area contributed by atoms with Gasteiger partial charge in [-0.2, -0.15) is 0 Å². The quantitative estimate of drug-likeness (QED) is 0.900. The number of amides is 1. The van der Waals surface area contributed by atoms with Crippen molar-refractivity contribution in [1.29, 1.82) is 0 Å². The molecule has 4 heteroatoms. The Kier molecular flexibility index (Phi) is 5.31. The van der Waals surface area contributed by atoms with Crippen LogP contribution in [0, 0.1) is 0 Å². The van der Waals surface area contributed by atoms with Gasteiger partial charge in [-0.15, -0.1) is 0 Å². The lowest BCUT2D eigenvalue weighted by atomic mass is 9.96. The number of aliphatic carboxylic acids is 1. The van der Waals surface area contributed by atoms with Gasteiger partial charge in [-0.3, -0.25) is 9.59 Å². The number of nitrogens with zero attached hydrogens (tertiary/aromatic N) is 1. The van der Waals surface area contributed by atoms with E-state index in [-0.39, 0.29) is 24.8 Å². The van der Waals surface area contributed by atoms with Crippen LogP contribution in [-0.2, 0) is 9.59 Å². The number of benzene rings is 1. The molecule has 1 amide bonds. The van der Waals surface area contributed by atoms with E-state index in [1.165, 1.54) is 0 Å². The maximum Gasteiger partial charge on any atom is 0.305 e. The van der Waals surface area contributed by atoms with E-state index in [9.17, 15) is 9.59 Å². The van der Waals surface area contributed by atoms with Gasteiger partial charge >= 0.3 is 5.97 Å². The molecular formula is C16H23NO3. The topological polar surface area (TPSA) is 57.6 Å². The zero-order chi connectivity index (χ0) is 15.3. The third-order valence-electron chi connectivity index (χ3n) is 3.30. The number of hydrogen-bond acceptors (Lipinski definition) is 2. The molecule has 0 spiro atoms. The Bertz CT molecular complexity index is 462. The molecule has 20 heavy (non-hydrogen) atoms. The van der Waals surface area contributed by atoms with E-state index in [0.717, 1.165) is 5.56 Å². The first-order valence-electron chi connectivity index (χ1n) is 6.81. The van der Waals surface area contributed by atoms with Crippen molar-refractivity contribution in [2.45, 2.75) is 45.6 Å². The van der Waals surface area contributed by atoms with Gasteiger partial charge in [0, 0.05) is 12.1 Å².